The van der Waals surface area contributed by atoms with Crippen LogP contribution in [0.3, 0.4) is 0 Å². The van der Waals surface area contributed by atoms with Crippen LogP contribution < -0.4 is 15.5 Å². The molecule has 0 radical (unpaired) electrons. The van der Waals surface area contributed by atoms with Crippen molar-refractivity contribution in [1.82, 2.24) is 20.5 Å². The lowest BCUT2D eigenvalue weighted by molar-refractivity contribution is -0.142. The number of benzene rings is 2. The van der Waals surface area contributed by atoms with Crippen LogP contribution in [-0.2, 0) is 19.1 Å². The van der Waals surface area contributed by atoms with Crippen LogP contribution in [0, 0.1) is 0 Å². The average Bonchev–Trinajstić information content (AvgIpc) is 3.63. The number of amides is 2. The van der Waals surface area contributed by atoms with E-state index < -0.39 is 11.5 Å². The van der Waals surface area contributed by atoms with Gasteiger partial charge in [0.25, 0.3) is 5.91 Å². The molecule has 3 heterocycles. The lowest BCUT2D eigenvalue weighted by Crippen LogP contribution is -2.60. The third kappa shape index (κ3) is 8.92. The summed E-state index contributed by atoms with van der Waals surface area (Å²) in [5.41, 5.74) is 1.30. The number of esters is 1. The highest BCUT2D eigenvalue weighted by Gasteiger charge is 2.41. The number of carbonyl (C=O) groups excluding carboxylic acids is 3. The molecular formula is C35H45N5O5S. The van der Waals surface area contributed by atoms with E-state index in [9.17, 15) is 14.4 Å². The first-order valence-electron chi connectivity index (χ1n) is 16.3. The zero-order valence-electron chi connectivity index (χ0n) is 26.6. The highest BCUT2D eigenvalue weighted by atomic mass is 32.1. The van der Waals surface area contributed by atoms with E-state index in [0.29, 0.717) is 24.4 Å². The van der Waals surface area contributed by atoms with Crippen molar-refractivity contribution in [2.75, 3.05) is 57.9 Å². The number of ether oxygens (including phenoxy) is 2. The van der Waals surface area contributed by atoms with E-state index >= 15 is 0 Å². The SMILES string of the molecule is COC(=O)CNC(=O)C1(NC(=O)c2ccc(-c3csc(N4CCC(N5CCOCC5)CC4)n3)cc2)CCCCC1.c1ccccc1. The Bertz CT molecular complexity index is 1370. The Hall–Kier alpha value is -3.80. The van der Waals surface area contributed by atoms with Gasteiger partial charge in [-0.15, -0.1) is 11.3 Å². The quantitative estimate of drug-likeness (QED) is 0.344. The summed E-state index contributed by atoms with van der Waals surface area (Å²) >= 11 is 1.66. The second-order valence-corrected chi connectivity index (χ2v) is 12.8. The number of methoxy groups -OCH3 is 1. The summed E-state index contributed by atoms with van der Waals surface area (Å²) in [6, 6.07) is 20.0. The number of rotatable bonds is 8. The Labute approximate surface area is 275 Å². The highest BCUT2D eigenvalue weighted by molar-refractivity contribution is 7.14. The van der Waals surface area contributed by atoms with E-state index in [0.717, 1.165) is 87.9 Å². The predicted molar refractivity (Wildman–Crippen MR) is 180 cm³/mol. The minimum absolute atomic E-state index is 0.219. The molecule has 2 N–H and O–H groups in total. The van der Waals surface area contributed by atoms with Crippen LogP contribution in [0.1, 0.15) is 55.3 Å². The van der Waals surface area contributed by atoms with Crippen molar-refractivity contribution in [2.24, 2.45) is 0 Å². The van der Waals surface area contributed by atoms with Gasteiger partial charge in [-0.25, -0.2) is 4.98 Å². The van der Waals surface area contributed by atoms with Crippen molar-refractivity contribution in [1.29, 1.82) is 0 Å². The van der Waals surface area contributed by atoms with Crippen LogP contribution >= 0.6 is 11.3 Å². The van der Waals surface area contributed by atoms with Gasteiger partial charge in [0.2, 0.25) is 5.91 Å². The molecule has 11 heteroatoms. The Morgan fingerprint density at radius 1 is 0.935 bits per heavy atom. The Morgan fingerprint density at radius 3 is 2.17 bits per heavy atom. The van der Waals surface area contributed by atoms with E-state index in [1.54, 1.807) is 23.5 Å². The summed E-state index contributed by atoms with van der Waals surface area (Å²) in [4.78, 5) is 47.6. The maximum absolute atomic E-state index is 13.2. The summed E-state index contributed by atoms with van der Waals surface area (Å²) in [6.07, 6.45) is 6.04. The van der Waals surface area contributed by atoms with Crippen molar-refractivity contribution in [3.8, 4) is 11.3 Å². The summed E-state index contributed by atoms with van der Waals surface area (Å²) < 4.78 is 10.1. The van der Waals surface area contributed by atoms with Gasteiger partial charge in [-0.2, -0.15) is 0 Å². The summed E-state index contributed by atoms with van der Waals surface area (Å²) in [6.45, 7) is 5.52. The molecular weight excluding hydrogens is 602 g/mol. The van der Waals surface area contributed by atoms with Crippen LogP contribution in [0.2, 0.25) is 0 Å². The molecule has 0 atom stereocenters. The standard InChI is InChI=1S/C29H39N5O5S.C6H6/c1-38-25(35)19-30-27(37)29(11-3-2-4-12-29)32-26(36)22-7-5-21(6-8-22)24-20-40-28(31-24)34-13-9-23(10-14-34)33-15-17-39-18-16-33;1-2-4-6-5-3-1/h5-8,20,23H,2-4,9-19H2,1H3,(H,30,37)(H,32,36);1-6H. The summed E-state index contributed by atoms with van der Waals surface area (Å²) in [5.74, 6) is -1.17. The van der Waals surface area contributed by atoms with Gasteiger partial charge in [0.15, 0.2) is 5.13 Å². The lowest BCUT2D eigenvalue weighted by atomic mass is 9.80. The van der Waals surface area contributed by atoms with E-state index in [-0.39, 0.29) is 18.4 Å². The molecule has 2 aliphatic heterocycles. The largest absolute Gasteiger partial charge is 0.468 e. The van der Waals surface area contributed by atoms with E-state index in [1.165, 1.54) is 7.11 Å². The van der Waals surface area contributed by atoms with Crippen LogP contribution in [0.25, 0.3) is 11.3 Å². The van der Waals surface area contributed by atoms with Crippen molar-refractivity contribution >= 4 is 34.3 Å². The van der Waals surface area contributed by atoms with Crippen LogP contribution in [-0.4, -0.2) is 92.3 Å². The number of anilines is 1. The van der Waals surface area contributed by atoms with Gasteiger partial charge in [-0.05, 0) is 37.8 Å². The van der Waals surface area contributed by atoms with Gasteiger partial charge in [-0.1, -0.05) is 67.8 Å². The second kappa shape index (κ2) is 16.7. The topological polar surface area (TPSA) is 113 Å². The number of hydrogen-bond donors (Lipinski definition) is 2. The fourth-order valence-electron chi connectivity index (χ4n) is 6.33. The van der Waals surface area contributed by atoms with Crippen molar-refractivity contribution < 1.29 is 23.9 Å². The number of morpholine rings is 1. The van der Waals surface area contributed by atoms with Gasteiger partial charge < -0.3 is 25.0 Å². The lowest BCUT2D eigenvalue weighted by Gasteiger charge is -2.40. The number of carbonyl (C=O) groups is 3. The third-order valence-electron chi connectivity index (χ3n) is 9.01. The summed E-state index contributed by atoms with van der Waals surface area (Å²) in [7, 11) is 1.28. The first-order chi connectivity index (χ1) is 22.5. The maximum atomic E-state index is 13.2. The van der Waals surface area contributed by atoms with E-state index in [4.69, 9.17) is 9.72 Å². The number of piperidine rings is 1. The maximum Gasteiger partial charge on any atom is 0.325 e. The Morgan fingerprint density at radius 2 is 1.57 bits per heavy atom. The van der Waals surface area contributed by atoms with Gasteiger partial charge in [0, 0.05) is 48.7 Å². The van der Waals surface area contributed by atoms with Crippen molar-refractivity contribution in [3.63, 3.8) is 0 Å². The molecule has 0 bridgehead atoms. The molecule has 10 nitrogen and oxygen atoms in total. The number of hydrogen-bond acceptors (Lipinski definition) is 9. The van der Waals surface area contributed by atoms with Gasteiger partial charge in [-0.3, -0.25) is 19.3 Å². The number of nitrogens with one attached hydrogen (secondary N) is 2. The number of nitrogens with zero attached hydrogens (tertiary/aromatic N) is 3. The highest BCUT2D eigenvalue weighted by Crippen LogP contribution is 2.31. The zero-order chi connectivity index (χ0) is 32.2. The smallest absolute Gasteiger partial charge is 0.325 e. The molecule has 1 saturated carbocycles. The fraction of sp³-hybridized carbons (Fsp3) is 0.486. The number of thiazole rings is 1. The predicted octanol–water partition coefficient (Wildman–Crippen LogP) is 4.52. The molecule has 1 aromatic heterocycles. The molecule has 46 heavy (non-hydrogen) atoms. The fourth-order valence-corrected chi connectivity index (χ4v) is 7.22. The monoisotopic (exact) mass is 647 g/mol. The van der Waals surface area contributed by atoms with Crippen molar-refractivity contribution in [2.45, 2.75) is 56.5 Å². The van der Waals surface area contributed by atoms with E-state index in [1.807, 2.05) is 48.5 Å². The minimum Gasteiger partial charge on any atom is -0.468 e. The molecule has 2 aromatic carbocycles. The average molecular weight is 648 g/mol. The molecule has 246 valence electrons. The molecule has 2 saturated heterocycles. The molecule has 3 aromatic rings. The molecule has 3 aliphatic rings. The Balaban J connectivity index is 0.000000624. The second-order valence-electron chi connectivity index (χ2n) is 12.0. The molecule has 2 amide bonds. The van der Waals surface area contributed by atoms with Gasteiger partial charge >= 0.3 is 5.97 Å². The Kier molecular flexibility index (Phi) is 12.2. The first kappa shape index (κ1) is 33.6. The van der Waals surface area contributed by atoms with Crippen LogP contribution in [0.4, 0.5) is 5.13 Å². The zero-order valence-corrected chi connectivity index (χ0v) is 27.4. The molecule has 6 rings (SSSR count). The van der Waals surface area contributed by atoms with E-state index in [2.05, 4.69) is 30.6 Å². The van der Waals surface area contributed by atoms with Crippen LogP contribution in [0.5, 0.6) is 0 Å². The first-order valence-corrected chi connectivity index (χ1v) is 17.2. The number of aromatic nitrogens is 1. The minimum atomic E-state index is -1.03. The molecule has 1 aliphatic carbocycles. The van der Waals surface area contributed by atoms with Crippen LogP contribution in [0.15, 0.2) is 66.0 Å². The normalized spacial score (nSPS) is 18.5. The van der Waals surface area contributed by atoms with Gasteiger partial charge in [0.1, 0.15) is 12.1 Å². The third-order valence-corrected chi connectivity index (χ3v) is 9.92. The molecule has 0 spiro atoms. The molecule has 3 fully saturated rings. The summed E-state index contributed by atoms with van der Waals surface area (Å²) in [5, 5.41) is 8.73. The molecule has 0 unspecified atom stereocenters. The van der Waals surface area contributed by atoms with Crippen molar-refractivity contribution in [3.05, 3.63) is 71.6 Å². The van der Waals surface area contributed by atoms with Gasteiger partial charge in [0.05, 0.1) is 26.0 Å².